The quantitative estimate of drug-likeness (QED) is 0.373. The Kier molecular flexibility index (Phi) is 7.48. The number of carbonyl (C=O) groups excluding carboxylic acids is 1. The number of rotatable bonds is 8. The molecule has 7 heteroatoms. The summed E-state index contributed by atoms with van der Waals surface area (Å²) < 4.78 is 39.2. The maximum absolute atomic E-state index is 13.6. The number of para-hydroxylation sites is 1. The van der Waals surface area contributed by atoms with Gasteiger partial charge in [-0.15, -0.1) is 0 Å². The third-order valence-electron chi connectivity index (χ3n) is 8.01. The lowest BCUT2D eigenvalue weighted by molar-refractivity contribution is -0.141. The number of alkyl halides is 3. The highest BCUT2D eigenvalue weighted by Crippen LogP contribution is 2.51. The number of unbranched alkanes of at least 4 members (excludes halogenated alkanes) is 1. The number of carbonyl (C=O) groups is 1. The standard InChI is InChI=1S/C31H34F3N3O/c1-23-10-2-7-15-28(23)37-20-18-36(19-21-37)17-9-8-16-30(29(38)35-22-31(32,33)34)26-13-5-3-11-24(26)25-12-4-6-14-27(25)30/h2-7,10-15H,8-9,16-22H2,1H3,(H,35,38). The second kappa shape index (κ2) is 10.8. The molecule has 38 heavy (non-hydrogen) atoms. The van der Waals surface area contributed by atoms with Gasteiger partial charge < -0.3 is 10.2 Å². The molecule has 0 unspecified atom stereocenters. The molecule has 3 aromatic rings. The number of hydrogen-bond acceptors (Lipinski definition) is 3. The minimum absolute atomic E-state index is 0.466. The molecule has 3 aromatic carbocycles. The van der Waals surface area contributed by atoms with Crippen molar-refractivity contribution in [1.82, 2.24) is 10.2 Å². The van der Waals surface area contributed by atoms with Gasteiger partial charge in [0.05, 0.1) is 0 Å². The summed E-state index contributed by atoms with van der Waals surface area (Å²) in [6, 6.07) is 23.7. The van der Waals surface area contributed by atoms with Gasteiger partial charge in [0.1, 0.15) is 12.0 Å². The number of fused-ring (bicyclic) bond motifs is 3. The number of hydrogen-bond donors (Lipinski definition) is 1. The van der Waals surface area contributed by atoms with E-state index in [2.05, 4.69) is 46.3 Å². The fourth-order valence-electron chi connectivity index (χ4n) is 6.14. The van der Waals surface area contributed by atoms with E-state index in [0.717, 1.165) is 67.8 Å². The normalized spacial score (nSPS) is 16.7. The number of halogens is 3. The van der Waals surface area contributed by atoms with Crippen LogP contribution in [0.2, 0.25) is 0 Å². The van der Waals surface area contributed by atoms with Gasteiger partial charge >= 0.3 is 6.18 Å². The SMILES string of the molecule is Cc1ccccc1N1CCN(CCCCC2(C(=O)NCC(F)(F)F)c3ccccc3-c3ccccc32)CC1. The lowest BCUT2D eigenvalue weighted by Gasteiger charge is -2.37. The molecule has 1 saturated heterocycles. The van der Waals surface area contributed by atoms with E-state index in [1.807, 2.05) is 48.5 Å². The predicted molar refractivity (Wildman–Crippen MR) is 145 cm³/mol. The Labute approximate surface area is 222 Å². The molecule has 1 heterocycles. The summed E-state index contributed by atoms with van der Waals surface area (Å²) in [5.41, 5.74) is 4.91. The van der Waals surface area contributed by atoms with Crippen molar-refractivity contribution in [3.05, 3.63) is 89.5 Å². The van der Waals surface area contributed by atoms with Crippen molar-refractivity contribution in [2.75, 3.05) is 44.2 Å². The van der Waals surface area contributed by atoms with E-state index in [0.29, 0.717) is 6.42 Å². The molecule has 0 radical (unpaired) electrons. The molecular formula is C31H34F3N3O. The Morgan fingerprint density at radius 1 is 0.842 bits per heavy atom. The summed E-state index contributed by atoms with van der Waals surface area (Å²) in [5.74, 6) is -0.570. The Hall–Kier alpha value is -3.32. The van der Waals surface area contributed by atoms with Crippen LogP contribution in [0, 0.1) is 6.92 Å². The molecule has 1 aliphatic carbocycles. The van der Waals surface area contributed by atoms with E-state index in [4.69, 9.17) is 0 Å². The molecule has 1 aliphatic heterocycles. The highest BCUT2D eigenvalue weighted by Gasteiger charge is 2.49. The largest absolute Gasteiger partial charge is 0.405 e. The van der Waals surface area contributed by atoms with Crippen LogP contribution in [0.4, 0.5) is 18.9 Å². The highest BCUT2D eigenvalue weighted by atomic mass is 19.4. The number of nitrogens with zero attached hydrogens (tertiary/aromatic N) is 2. The summed E-state index contributed by atoms with van der Waals surface area (Å²) >= 11 is 0. The highest BCUT2D eigenvalue weighted by molar-refractivity contribution is 6.00. The van der Waals surface area contributed by atoms with Crippen molar-refractivity contribution >= 4 is 11.6 Å². The zero-order valence-electron chi connectivity index (χ0n) is 21.7. The maximum atomic E-state index is 13.6. The van der Waals surface area contributed by atoms with Crippen molar-refractivity contribution in [2.24, 2.45) is 0 Å². The van der Waals surface area contributed by atoms with E-state index in [1.165, 1.54) is 11.3 Å². The number of piperazine rings is 1. The molecule has 1 amide bonds. The Morgan fingerprint density at radius 2 is 1.42 bits per heavy atom. The zero-order valence-corrected chi connectivity index (χ0v) is 21.7. The van der Waals surface area contributed by atoms with Gasteiger partial charge in [0, 0.05) is 31.9 Å². The van der Waals surface area contributed by atoms with Crippen LogP contribution in [0.5, 0.6) is 0 Å². The van der Waals surface area contributed by atoms with E-state index in [-0.39, 0.29) is 0 Å². The van der Waals surface area contributed by atoms with E-state index in [1.54, 1.807) is 0 Å². The Balaban J connectivity index is 1.27. The molecule has 200 valence electrons. The predicted octanol–water partition coefficient (Wildman–Crippen LogP) is 5.93. The van der Waals surface area contributed by atoms with Crippen LogP contribution in [-0.2, 0) is 10.2 Å². The lowest BCUT2D eigenvalue weighted by atomic mass is 9.73. The molecule has 0 atom stereocenters. The van der Waals surface area contributed by atoms with Gasteiger partial charge in [-0.25, -0.2) is 0 Å². The first-order valence-electron chi connectivity index (χ1n) is 13.4. The topological polar surface area (TPSA) is 35.6 Å². The Morgan fingerprint density at radius 3 is 2.03 bits per heavy atom. The molecule has 4 nitrogen and oxygen atoms in total. The summed E-state index contributed by atoms with van der Waals surface area (Å²) in [7, 11) is 0. The zero-order chi connectivity index (χ0) is 26.8. The molecule has 0 saturated carbocycles. The van der Waals surface area contributed by atoms with Crippen LogP contribution >= 0.6 is 0 Å². The molecule has 1 N–H and O–H groups in total. The van der Waals surface area contributed by atoms with Gasteiger partial charge in [0.2, 0.25) is 5.91 Å². The molecule has 0 aromatic heterocycles. The molecular weight excluding hydrogens is 487 g/mol. The van der Waals surface area contributed by atoms with Crippen LogP contribution in [0.3, 0.4) is 0 Å². The minimum Gasteiger partial charge on any atom is -0.369 e. The summed E-state index contributed by atoms with van der Waals surface area (Å²) in [4.78, 5) is 18.5. The molecule has 1 fully saturated rings. The van der Waals surface area contributed by atoms with Crippen molar-refractivity contribution in [3.8, 4) is 11.1 Å². The lowest BCUT2D eigenvalue weighted by Crippen LogP contribution is -2.47. The van der Waals surface area contributed by atoms with Gasteiger partial charge in [0.25, 0.3) is 0 Å². The number of benzene rings is 3. The summed E-state index contributed by atoms with van der Waals surface area (Å²) in [6.45, 7) is 5.59. The number of aryl methyl sites for hydroxylation is 1. The van der Waals surface area contributed by atoms with Crippen LogP contribution in [0.25, 0.3) is 11.1 Å². The van der Waals surface area contributed by atoms with Gasteiger partial charge in [-0.05, 0) is 60.2 Å². The first-order chi connectivity index (χ1) is 18.3. The Bertz CT molecular complexity index is 1240. The fourth-order valence-corrected chi connectivity index (χ4v) is 6.14. The molecule has 0 spiro atoms. The number of anilines is 1. The monoisotopic (exact) mass is 521 g/mol. The second-order valence-electron chi connectivity index (χ2n) is 10.4. The number of nitrogens with one attached hydrogen (secondary N) is 1. The smallest absolute Gasteiger partial charge is 0.369 e. The van der Waals surface area contributed by atoms with E-state index < -0.39 is 24.0 Å². The third-order valence-corrected chi connectivity index (χ3v) is 8.01. The summed E-state index contributed by atoms with van der Waals surface area (Å²) in [5, 5.41) is 2.22. The average Bonchev–Trinajstić information content (AvgIpc) is 3.21. The summed E-state index contributed by atoms with van der Waals surface area (Å²) in [6.07, 6.45) is -2.38. The number of amides is 1. The average molecular weight is 522 g/mol. The van der Waals surface area contributed by atoms with Crippen LogP contribution in [-0.4, -0.2) is 56.3 Å². The first-order valence-corrected chi connectivity index (χ1v) is 13.4. The van der Waals surface area contributed by atoms with Crippen LogP contribution in [0.15, 0.2) is 72.8 Å². The minimum atomic E-state index is -4.46. The molecule has 5 rings (SSSR count). The van der Waals surface area contributed by atoms with Crippen molar-refractivity contribution in [3.63, 3.8) is 0 Å². The van der Waals surface area contributed by atoms with Crippen molar-refractivity contribution in [2.45, 2.75) is 37.8 Å². The third kappa shape index (κ3) is 5.17. The fraction of sp³-hybridized carbons (Fsp3) is 0.387. The van der Waals surface area contributed by atoms with Gasteiger partial charge in [-0.2, -0.15) is 13.2 Å². The van der Waals surface area contributed by atoms with E-state index >= 15 is 0 Å². The van der Waals surface area contributed by atoms with E-state index in [9.17, 15) is 18.0 Å². The second-order valence-corrected chi connectivity index (χ2v) is 10.4. The molecule has 0 bridgehead atoms. The van der Waals surface area contributed by atoms with Crippen LogP contribution in [0.1, 0.15) is 36.0 Å². The first kappa shape index (κ1) is 26.3. The molecule has 2 aliphatic rings. The van der Waals surface area contributed by atoms with Crippen molar-refractivity contribution < 1.29 is 18.0 Å². The van der Waals surface area contributed by atoms with Crippen LogP contribution < -0.4 is 10.2 Å². The van der Waals surface area contributed by atoms with Gasteiger partial charge in [0.15, 0.2) is 0 Å². The van der Waals surface area contributed by atoms with Crippen molar-refractivity contribution in [1.29, 1.82) is 0 Å². The van der Waals surface area contributed by atoms with Gasteiger partial charge in [-0.1, -0.05) is 73.2 Å². The van der Waals surface area contributed by atoms with Gasteiger partial charge in [-0.3, -0.25) is 9.69 Å². The maximum Gasteiger partial charge on any atom is 0.405 e.